The minimum atomic E-state index is -0.707. The van der Waals surface area contributed by atoms with Crippen LogP contribution in [0.3, 0.4) is 0 Å². The number of anilines is 1. The summed E-state index contributed by atoms with van der Waals surface area (Å²) in [6.45, 7) is 2.82. The standard InChI is InChI=1S/C11H13N3O4/c1-7(12-8(2)15)11(16)13-9-4-3-5-10(6-9)14(17)18/h3-7H,1-2H3,(H,12,15)(H,13,16)/t7-/m1/s1. The van der Waals surface area contributed by atoms with Crippen molar-refractivity contribution in [1.29, 1.82) is 0 Å². The summed E-state index contributed by atoms with van der Waals surface area (Å²) in [6, 6.07) is 4.87. The van der Waals surface area contributed by atoms with Gasteiger partial charge in [0, 0.05) is 24.7 Å². The highest BCUT2D eigenvalue weighted by molar-refractivity contribution is 5.96. The maximum atomic E-state index is 11.6. The Balaban J connectivity index is 2.72. The van der Waals surface area contributed by atoms with Gasteiger partial charge in [-0.1, -0.05) is 6.07 Å². The number of carbonyl (C=O) groups excluding carboxylic acids is 2. The number of benzene rings is 1. The summed E-state index contributed by atoms with van der Waals surface area (Å²) in [5, 5.41) is 15.5. The number of non-ortho nitro benzene ring substituents is 1. The first-order chi connectivity index (χ1) is 8.40. The number of hydrogen-bond donors (Lipinski definition) is 2. The first kappa shape index (κ1) is 13.6. The van der Waals surface area contributed by atoms with E-state index >= 15 is 0 Å². The third-order valence-electron chi connectivity index (χ3n) is 2.14. The van der Waals surface area contributed by atoms with E-state index in [9.17, 15) is 19.7 Å². The second-order valence-electron chi connectivity index (χ2n) is 3.72. The molecule has 7 nitrogen and oxygen atoms in total. The molecule has 2 N–H and O–H groups in total. The van der Waals surface area contributed by atoms with Crippen molar-refractivity contribution in [1.82, 2.24) is 5.32 Å². The zero-order chi connectivity index (χ0) is 13.7. The molecular formula is C11H13N3O4. The van der Waals surface area contributed by atoms with Gasteiger partial charge in [0.25, 0.3) is 5.69 Å². The molecule has 1 rings (SSSR count). The minimum absolute atomic E-state index is 0.111. The van der Waals surface area contributed by atoms with E-state index < -0.39 is 16.9 Å². The minimum Gasteiger partial charge on any atom is -0.345 e. The molecule has 7 heteroatoms. The lowest BCUT2D eigenvalue weighted by molar-refractivity contribution is -0.384. The van der Waals surface area contributed by atoms with Crippen LogP contribution < -0.4 is 10.6 Å². The van der Waals surface area contributed by atoms with Crippen molar-refractivity contribution in [3.8, 4) is 0 Å². The van der Waals surface area contributed by atoms with E-state index in [0.29, 0.717) is 5.69 Å². The average molecular weight is 251 g/mol. The predicted molar refractivity (Wildman–Crippen MR) is 65.0 cm³/mol. The van der Waals surface area contributed by atoms with Crippen molar-refractivity contribution in [2.45, 2.75) is 19.9 Å². The van der Waals surface area contributed by atoms with Gasteiger partial charge in [-0.05, 0) is 13.0 Å². The van der Waals surface area contributed by atoms with E-state index in [1.165, 1.54) is 38.1 Å². The number of amides is 2. The van der Waals surface area contributed by atoms with Gasteiger partial charge in [0.1, 0.15) is 6.04 Å². The molecule has 0 fully saturated rings. The van der Waals surface area contributed by atoms with E-state index in [1.54, 1.807) is 0 Å². The molecular weight excluding hydrogens is 238 g/mol. The Labute approximate surface area is 103 Å². The molecule has 0 aromatic heterocycles. The maximum Gasteiger partial charge on any atom is 0.271 e. The SMILES string of the molecule is CC(=O)N[C@H](C)C(=O)Nc1cccc([N+](=O)[O-])c1. The summed E-state index contributed by atoms with van der Waals surface area (Å²) in [7, 11) is 0. The van der Waals surface area contributed by atoms with Crippen LogP contribution in [0.5, 0.6) is 0 Å². The highest BCUT2D eigenvalue weighted by Gasteiger charge is 2.14. The second-order valence-corrected chi connectivity index (χ2v) is 3.72. The van der Waals surface area contributed by atoms with Crippen molar-refractivity contribution in [3.05, 3.63) is 34.4 Å². The second kappa shape index (κ2) is 5.76. The topological polar surface area (TPSA) is 101 Å². The van der Waals surface area contributed by atoms with Crippen molar-refractivity contribution >= 4 is 23.2 Å². The van der Waals surface area contributed by atoms with Crippen LogP contribution in [0.15, 0.2) is 24.3 Å². The van der Waals surface area contributed by atoms with Crippen LogP contribution in [0.25, 0.3) is 0 Å². The molecule has 0 radical (unpaired) electrons. The van der Waals surface area contributed by atoms with Gasteiger partial charge < -0.3 is 10.6 Å². The summed E-state index contributed by atoms with van der Waals surface area (Å²) < 4.78 is 0. The zero-order valence-electron chi connectivity index (χ0n) is 9.97. The van der Waals surface area contributed by atoms with Crippen LogP contribution in [-0.4, -0.2) is 22.8 Å². The van der Waals surface area contributed by atoms with E-state index in [-0.39, 0.29) is 11.6 Å². The highest BCUT2D eigenvalue weighted by atomic mass is 16.6. The fraction of sp³-hybridized carbons (Fsp3) is 0.273. The van der Waals surface area contributed by atoms with Gasteiger partial charge in [-0.15, -0.1) is 0 Å². The molecule has 0 spiro atoms. The Morgan fingerprint density at radius 2 is 2.06 bits per heavy atom. The lowest BCUT2D eigenvalue weighted by Crippen LogP contribution is -2.40. The summed E-state index contributed by atoms with van der Waals surface area (Å²) in [6.07, 6.45) is 0. The number of rotatable bonds is 4. The van der Waals surface area contributed by atoms with Crippen LogP contribution in [-0.2, 0) is 9.59 Å². The van der Waals surface area contributed by atoms with Gasteiger partial charge in [-0.3, -0.25) is 19.7 Å². The molecule has 0 unspecified atom stereocenters. The van der Waals surface area contributed by atoms with Crippen LogP contribution in [0.4, 0.5) is 11.4 Å². The van der Waals surface area contributed by atoms with Gasteiger partial charge in [0.2, 0.25) is 11.8 Å². The molecule has 1 aromatic carbocycles. The molecule has 0 aliphatic heterocycles. The number of nitrogens with one attached hydrogen (secondary N) is 2. The summed E-state index contributed by atoms with van der Waals surface area (Å²) in [4.78, 5) is 32.4. The Kier molecular flexibility index (Phi) is 4.36. The number of nitro benzene ring substituents is 1. The number of nitrogens with zero attached hydrogens (tertiary/aromatic N) is 1. The average Bonchev–Trinajstić information content (AvgIpc) is 2.28. The van der Waals surface area contributed by atoms with E-state index in [4.69, 9.17) is 0 Å². The van der Waals surface area contributed by atoms with Crippen molar-refractivity contribution < 1.29 is 14.5 Å². The van der Waals surface area contributed by atoms with E-state index in [1.807, 2.05) is 0 Å². The smallest absolute Gasteiger partial charge is 0.271 e. The van der Waals surface area contributed by atoms with Crippen molar-refractivity contribution in [2.24, 2.45) is 0 Å². The molecule has 0 saturated heterocycles. The lowest BCUT2D eigenvalue weighted by Gasteiger charge is -2.12. The van der Waals surface area contributed by atoms with Crippen LogP contribution >= 0.6 is 0 Å². The fourth-order valence-corrected chi connectivity index (χ4v) is 1.32. The van der Waals surface area contributed by atoms with Gasteiger partial charge in [0.15, 0.2) is 0 Å². The fourth-order valence-electron chi connectivity index (χ4n) is 1.32. The molecule has 18 heavy (non-hydrogen) atoms. The van der Waals surface area contributed by atoms with Gasteiger partial charge in [0.05, 0.1) is 4.92 Å². The Hall–Kier alpha value is -2.44. The summed E-state index contributed by atoms with van der Waals surface area (Å²) in [5.41, 5.74) is 0.200. The summed E-state index contributed by atoms with van der Waals surface area (Å²) in [5.74, 6) is -0.762. The predicted octanol–water partition coefficient (Wildman–Crippen LogP) is 1.06. The first-order valence-corrected chi connectivity index (χ1v) is 5.22. The Bertz CT molecular complexity index is 487. The van der Waals surface area contributed by atoms with Crippen LogP contribution in [0, 0.1) is 10.1 Å². The number of nitro groups is 1. The summed E-state index contributed by atoms with van der Waals surface area (Å²) >= 11 is 0. The van der Waals surface area contributed by atoms with Gasteiger partial charge in [-0.2, -0.15) is 0 Å². The molecule has 1 aromatic rings. The molecule has 96 valence electrons. The normalized spacial score (nSPS) is 11.4. The highest BCUT2D eigenvalue weighted by Crippen LogP contribution is 2.17. The molecule has 1 atom stereocenters. The number of carbonyl (C=O) groups is 2. The lowest BCUT2D eigenvalue weighted by atomic mass is 10.2. The molecule has 0 heterocycles. The largest absolute Gasteiger partial charge is 0.345 e. The van der Waals surface area contributed by atoms with E-state index in [0.717, 1.165) is 0 Å². The molecule has 0 bridgehead atoms. The van der Waals surface area contributed by atoms with Gasteiger partial charge in [-0.25, -0.2) is 0 Å². The molecule has 0 aliphatic carbocycles. The quantitative estimate of drug-likeness (QED) is 0.617. The van der Waals surface area contributed by atoms with Crippen LogP contribution in [0.1, 0.15) is 13.8 Å². The Morgan fingerprint density at radius 1 is 1.39 bits per heavy atom. The molecule has 0 saturated carbocycles. The third kappa shape index (κ3) is 3.85. The van der Waals surface area contributed by atoms with E-state index in [2.05, 4.69) is 10.6 Å². The van der Waals surface area contributed by atoms with Gasteiger partial charge >= 0.3 is 0 Å². The first-order valence-electron chi connectivity index (χ1n) is 5.22. The third-order valence-corrected chi connectivity index (χ3v) is 2.14. The zero-order valence-corrected chi connectivity index (χ0v) is 9.97. The van der Waals surface area contributed by atoms with Crippen LogP contribution in [0.2, 0.25) is 0 Å². The van der Waals surface area contributed by atoms with Crippen molar-refractivity contribution in [3.63, 3.8) is 0 Å². The Morgan fingerprint density at radius 3 is 2.61 bits per heavy atom. The van der Waals surface area contributed by atoms with Crippen molar-refractivity contribution in [2.75, 3.05) is 5.32 Å². The molecule has 2 amide bonds. The number of hydrogen-bond acceptors (Lipinski definition) is 4. The molecule has 0 aliphatic rings. The maximum absolute atomic E-state index is 11.6. The monoisotopic (exact) mass is 251 g/mol.